The molecule has 1 fully saturated rings. The number of carboxylic acid groups (broad SMARTS) is 1. The number of unbranched alkanes of at least 4 members (excludes halogenated alkanes) is 2. The molecule has 4 N–H and O–H groups in total. The molecule has 7 heteroatoms. The second kappa shape index (κ2) is 13.2. The first-order chi connectivity index (χ1) is 10.3. The first-order valence-corrected chi connectivity index (χ1v) is 8.34. The van der Waals surface area contributed by atoms with Gasteiger partial charge in [0, 0.05) is 11.8 Å². The summed E-state index contributed by atoms with van der Waals surface area (Å²) in [4.78, 5) is 22.8. The number of hydrogen-bond acceptors (Lipinski definition) is 3. The fourth-order valence-electron chi connectivity index (χ4n) is 1.81. The predicted octanol–water partition coefficient (Wildman–Crippen LogP) is 2.23. The van der Waals surface area contributed by atoms with Gasteiger partial charge in [0.05, 0.1) is 0 Å². The number of carboxylic acids is 1. The van der Waals surface area contributed by atoms with Crippen LogP contribution in [-0.4, -0.2) is 59.0 Å². The third-order valence-electron chi connectivity index (χ3n) is 3.54. The molecule has 1 aliphatic carbocycles. The third kappa shape index (κ3) is 11.2. The van der Waals surface area contributed by atoms with E-state index in [1.165, 1.54) is 0 Å². The Kier molecular flexibility index (Phi) is 14.5. The van der Waals surface area contributed by atoms with E-state index in [0.29, 0.717) is 12.3 Å². The Morgan fingerprint density at radius 3 is 2.26 bits per heavy atom. The van der Waals surface area contributed by atoms with Gasteiger partial charge in [0.15, 0.2) is 0 Å². The van der Waals surface area contributed by atoms with Crippen LogP contribution in [-0.2, 0) is 9.59 Å². The number of carbonyl (C=O) groups excluding carboxylic acids is 1. The molecule has 5 nitrogen and oxygen atoms in total. The van der Waals surface area contributed by atoms with E-state index in [0.717, 1.165) is 32.2 Å². The number of amides is 1. The summed E-state index contributed by atoms with van der Waals surface area (Å²) in [6.45, 7) is 6.88. The Hall–Kier alpha value is -0.0700. The van der Waals surface area contributed by atoms with Crippen LogP contribution < -0.4 is 11.1 Å². The molecule has 0 heterocycles. The molecule has 0 aromatic rings. The van der Waals surface area contributed by atoms with E-state index in [1.807, 2.05) is 13.8 Å². The van der Waals surface area contributed by atoms with Crippen LogP contribution >= 0.6 is 11.6 Å². The summed E-state index contributed by atoms with van der Waals surface area (Å²) in [5, 5.41) is 11.5. The van der Waals surface area contributed by atoms with Gasteiger partial charge in [-0.15, -0.1) is 11.6 Å². The standard InChI is InChI=1S/C13H20ClNO3.C3H9N.Na.H/c1-13(2)8-9(13)11(16)15-10(12(17)18)6-4-3-5-7-14;1-2-3-4;;/h6,9H,3-5,7-8H2,1-2H3,(H,15,16)(H,17,18);2-4H2,1H3;;/b10-6-;;;/t9-;;;/m1.../s1. The molecule has 1 amide bonds. The Labute approximate surface area is 166 Å². The summed E-state index contributed by atoms with van der Waals surface area (Å²) < 4.78 is 0. The van der Waals surface area contributed by atoms with Crippen molar-refractivity contribution in [2.75, 3.05) is 12.4 Å². The molecule has 0 spiro atoms. The third-order valence-corrected chi connectivity index (χ3v) is 3.81. The second-order valence-corrected chi connectivity index (χ2v) is 6.51. The number of halogens is 1. The van der Waals surface area contributed by atoms with Gasteiger partial charge in [-0.2, -0.15) is 0 Å². The van der Waals surface area contributed by atoms with Crippen LogP contribution in [0.5, 0.6) is 0 Å². The van der Waals surface area contributed by atoms with Gasteiger partial charge >= 0.3 is 35.5 Å². The van der Waals surface area contributed by atoms with Crippen LogP contribution in [0, 0.1) is 11.3 Å². The van der Waals surface area contributed by atoms with E-state index in [1.54, 1.807) is 6.08 Å². The van der Waals surface area contributed by atoms with Crippen molar-refractivity contribution in [3.8, 4) is 0 Å². The fraction of sp³-hybridized carbons (Fsp3) is 0.750. The van der Waals surface area contributed by atoms with Gasteiger partial charge < -0.3 is 16.2 Å². The van der Waals surface area contributed by atoms with Crippen molar-refractivity contribution in [3.63, 3.8) is 0 Å². The van der Waals surface area contributed by atoms with Gasteiger partial charge in [0.1, 0.15) is 5.70 Å². The molecule has 1 rings (SSSR count). The Morgan fingerprint density at radius 2 is 1.91 bits per heavy atom. The van der Waals surface area contributed by atoms with E-state index in [-0.39, 0.29) is 52.5 Å². The van der Waals surface area contributed by atoms with E-state index in [4.69, 9.17) is 22.4 Å². The van der Waals surface area contributed by atoms with E-state index in [9.17, 15) is 9.59 Å². The van der Waals surface area contributed by atoms with Crippen LogP contribution in [0.2, 0.25) is 0 Å². The normalized spacial score (nSPS) is 18.1. The van der Waals surface area contributed by atoms with Crippen LogP contribution in [0.4, 0.5) is 0 Å². The molecule has 1 atom stereocenters. The van der Waals surface area contributed by atoms with Crippen molar-refractivity contribution in [1.29, 1.82) is 0 Å². The summed E-state index contributed by atoms with van der Waals surface area (Å²) >= 11 is 5.54. The van der Waals surface area contributed by atoms with E-state index >= 15 is 0 Å². The van der Waals surface area contributed by atoms with Crippen LogP contribution in [0.15, 0.2) is 11.8 Å². The van der Waals surface area contributed by atoms with E-state index < -0.39 is 5.97 Å². The predicted molar refractivity (Wildman–Crippen MR) is 96.8 cm³/mol. The van der Waals surface area contributed by atoms with E-state index in [2.05, 4.69) is 12.2 Å². The molecule has 0 bridgehead atoms. The molecule has 0 saturated heterocycles. The molecular formula is C16H30ClN2NaO3. The average molecular weight is 357 g/mol. The molecule has 0 unspecified atom stereocenters. The topological polar surface area (TPSA) is 92.4 Å². The zero-order valence-corrected chi connectivity index (χ0v) is 14.6. The maximum absolute atomic E-state index is 11.8. The van der Waals surface area contributed by atoms with Gasteiger partial charge in [-0.25, -0.2) is 4.79 Å². The van der Waals surface area contributed by atoms with Crippen LogP contribution in [0.25, 0.3) is 0 Å². The molecule has 0 aliphatic heterocycles. The van der Waals surface area contributed by atoms with Gasteiger partial charge in [-0.05, 0) is 44.1 Å². The van der Waals surface area contributed by atoms with Crippen molar-refractivity contribution in [2.24, 2.45) is 17.1 Å². The number of nitrogens with one attached hydrogen (secondary N) is 1. The van der Waals surface area contributed by atoms with Gasteiger partial charge in [-0.3, -0.25) is 4.79 Å². The van der Waals surface area contributed by atoms with Crippen molar-refractivity contribution >= 4 is 53.0 Å². The molecule has 0 aromatic heterocycles. The Bertz CT molecular complexity index is 399. The van der Waals surface area contributed by atoms with Gasteiger partial charge in [-0.1, -0.05) is 26.8 Å². The first-order valence-electron chi connectivity index (χ1n) is 7.80. The first kappa shape index (κ1) is 25.2. The van der Waals surface area contributed by atoms with Crippen molar-refractivity contribution < 1.29 is 14.7 Å². The zero-order valence-electron chi connectivity index (χ0n) is 13.8. The number of aliphatic carboxylic acids is 1. The number of allylic oxidation sites excluding steroid dienone is 1. The van der Waals surface area contributed by atoms with Crippen molar-refractivity contribution in [1.82, 2.24) is 5.32 Å². The number of rotatable bonds is 8. The number of hydrogen-bond donors (Lipinski definition) is 3. The Balaban J connectivity index is 0. The molecule has 23 heavy (non-hydrogen) atoms. The summed E-state index contributed by atoms with van der Waals surface area (Å²) in [6, 6.07) is 0. The molecular weight excluding hydrogens is 327 g/mol. The van der Waals surface area contributed by atoms with Crippen LogP contribution in [0.3, 0.4) is 0 Å². The van der Waals surface area contributed by atoms with Gasteiger partial charge in [0.2, 0.25) is 5.91 Å². The summed E-state index contributed by atoms with van der Waals surface area (Å²) in [6.07, 6.45) is 5.75. The fourth-order valence-corrected chi connectivity index (χ4v) is 2.00. The van der Waals surface area contributed by atoms with Crippen LogP contribution in [0.1, 0.15) is 52.9 Å². The minimum absolute atomic E-state index is 0. The molecule has 130 valence electrons. The summed E-state index contributed by atoms with van der Waals surface area (Å²) in [7, 11) is 0. The summed E-state index contributed by atoms with van der Waals surface area (Å²) in [5.41, 5.74) is 5.02. The zero-order chi connectivity index (χ0) is 17.2. The number of nitrogens with two attached hydrogens (primary N) is 1. The molecule has 0 radical (unpaired) electrons. The molecule has 1 aliphatic rings. The quantitative estimate of drug-likeness (QED) is 0.269. The van der Waals surface area contributed by atoms with Crippen molar-refractivity contribution in [2.45, 2.75) is 52.9 Å². The molecule has 1 saturated carbocycles. The number of carbonyl (C=O) groups is 2. The second-order valence-electron chi connectivity index (χ2n) is 6.13. The Morgan fingerprint density at radius 1 is 1.39 bits per heavy atom. The van der Waals surface area contributed by atoms with Gasteiger partial charge in [0.25, 0.3) is 0 Å². The minimum atomic E-state index is -1.09. The number of alkyl halides is 1. The molecule has 0 aromatic carbocycles. The average Bonchev–Trinajstić information content (AvgIpc) is 3.11. The van der Waals surface area contributed by atoms with Crippen molar-refractivity contribution in [3.05, 3.63) is 11.8 Å². The summed E-state index contributed by atoms with van der Waals surface area (Å²) in [5.74, 6) is -0.777. The SMILES string of the molecule is CC1(C)C[C@@H]1C(=O)N/C(=C\CCCCCl)C(=O)O.CCCN.[NaH]. The maximum atomic E-state index is 11.8. The monoisotopic (exact) mass is 356 g/mol.